The molecule has 10 nitrogen and oxygen atoms in total. The Kier molecular flexibility index (Phi) is 9.13. The van der Waals surface area contributed by atoms with Crippen LogP contribution in [-0.4, -0.2) is 79.7 Å². The van der Waals surface area contributed by atoms with Crippen LogP contribution in [0.1, 0.15) is 37.1 Å². The second-order valence-corrected chi connectivity index (χ2v) is 8.26. The number of carbonyl (C=O) groups is 2. The molecule has 3 amide bonds. The van der Waals surface area contributed by atoms with Crippen molar-refractivity contribution in [1.29, 1.82) is 0 Å². The molecule has 0 spiro atoms. The molecular weight excluding hydrogens is 450 g/mol. The smallest absolute Gasteiger partial charge is 0.317 e. The van der Waals surface area contributed by atoms with Crippen LogP contribution in [0.25, 0.3) is 0 Å². The van der Waals surface area contributed by atoms with Gasteiger partial charge in [-0.25, -0.2) is 9.80 Å². The first kappa shape index (κ1) is 26.1. The molecule has 1 aliphatic rings. The van der Waals surface area contributed by atoms with Crippen LogP contribution in [0, 0.1) is 0 Å². The fourth-order valence-corrected chi connectivity index (χ4v) is 4.03. The minimum absolute atomic E-state index is 0.133. The van der Waals surface area contributed by atoms with Gasteiger partial charge in [-0.05, 0) is 36.8 Å². The van der Waals surface area contributed by atoms with E-state index in [1.54, 1.807) is 21.3 Å². The largest absolute Gasteiger partial charge is 0.497 e. The SMILES string of the molecule is CCCNC(=O)N(CCOC)CC(=O)N1N=C(c2cccn2C)C[C@H]1c1cc(OC)ccc1OC. The van der Waals surface area contributed by atoms with Gasteiger partial charge in [0.1, 0.15) is 18.0 Å². The molecule has 10 heteroatoms. The summed E-state index contributed by atoms with van der Waals surface area (Å²) in [4.78, 5) is 27.8. The predicted octanol–water partition coefficient (Wildman–Crippen LogP) is 2.79. The summed E-state index contributed by atoms with van der Waals surface area (Å²) in [5.41, 5.74) is 2.48. The molecule has 2 aromatic rings. The number of urea groups is 1. The highest BCUT2D eigenvalue weighted by molar-refractivity contribution is 6.02. The van der Waals surface area contributed by atoms with Gasteiger partial charge >= 0.3 is 6.03 Å². The first-order valence-electron chi connectivity index (χ1n) is 11.7. The summed E-state index contributed by atoms with van der Waals surface area (Å²) < 4.78 is 18.2. The maximum atomic E-state index is 13.6. The van der Waals surface area contributed by atoms with Gasteiger partial charge in [-0.15, -0.1) is 0 Å². The highest BCUT2D eigenvalue weighted by Crippen LogP contribution is 2.39. The number of amides is 3. The quantitative estimate of drug-likeness (QED) is 0.528. The average molecular weight is 486 g/mol. The van der Waals surface area contributed by atoms with Crippen molar-refractivity contribution in [3.05, 3.63) is 47.8 Å². The molecule has 35 heavy (non-hydrogen) atoms. The van der Waals surface area contributed by atoms with Crippen molar-refractivity contribution in [2.24, 2.45) is 12.1 Å². The minimum Gasteiger partial charge on any atom is -0.497 e. The number of ether oxygens (including phenoxy) is 3. The van der Waals surface area contributed by atoms with Crippen molar-refractivity contribution >= 4 is 17.6 Å². The summed E-state index contributed by atoms with van der Waals surface area (Å²) in [5.74, 6) is 0.988. The molecule has 0 saturated heterocycles. The van der Waals surface area contributed by atoms with Crippen molar-refractivity contribution in [3.8, 4) is 11.5 Å². The van der Waals surface area contributed by atoms with E-state index in [0.29, 0.717) is 31.1 Å². The molecular formula is C25H35N5O5. The molecule has 1 atom stereocenters. The summed E-state index contributed by atoms with van der Waals surface area (Å²) in [6, 6.07) is 8.68. The van der Waals surface area contributed by atoms with Crippen LogP contribution in [0.4, 0.5) is 4.79 Å². The van der Waals surface area contributed by atoms with Crippen molar-refractivity contribution in [1.82, 2.24) is 19.8 Å². The first-order chi connectivity index (χ1) is 16.9. The Balaban J connectivity index is 1.95. The molecule has 190 valence electrons. The fourth-order valence-electron chi connectivity index (χ4n) is 4.03. The molecule has 1 N–H and O–H groups in total. The standard InChI is InChI=1S/C25H35N5O5/c1-6-11-26-25(32)29(13-14-33-3)17-24(31)30-22(16-20(27-30)21-8-7-12-28(21)2)19-15-18(34-4)9-10-23(19)35-5/h7-10,12,15,22H,6,11,13-14,16-17H2,1-5H3,(H,26,32)/t22-/m0/s1. The zero-order valence-corrected chi connectivity index (χ0v) is 21.1. The van der Waals surface area contributed by atoms with Crippen LogP contribution >= 0.6 is 0 Å². The monoisotopic (exact) mass is 485 g/mol. The highest BCUT2D eigenvalue weighted by Gasteiger charge is 2.36. The number of nitrogens with one attached hydrogen (secondary N) is 1. The summed E-state index contributed by atoms with van der Waals surface area (Å²) >= 11 is 0. The van der Waals surface area contributed by atoms with Crippen LogP contribution in [0.5, 0.6) is 11.5 Å². The molecule has 0 aliphatic carbocycles. The van der Waals surface area contributed by atoms with E-state index < -0.39 is 6.04 Å². The molecule has 2 heterocycles. The van der Waals surface area contributed by atoms with Crippen molar-refractivity contribution in [3.63, 3.8) is 0 Å². The van der Waals surface area contributed by atoms with Gasteiger partial charge in [-0.2, -0.15) is 5.10 Å². The van der Waals surface area contributed by atoms with Crippen LogP contribution < -0.4 is 14.8 Å². The Morgan fingerprint density at radius 2 is 2.00 bits per heavy atom. The van der Waals surface area contributed by atoms with Crippen molar-refractivity contribution in [2.45, 2.75) is 25.8 Å². The van der Waals surface area contributed by atoms with Gasteiger partial charge in [-0.3, -0.25) is 4.79 Å². The summed E-state index contributed by atoms with van der Waals surface area (Å²) in [7, 11) is 6.69. The lowest BCUT2D eigenvalue weighted by atomic mass is 9.99. The van der Waals surface area contributed by atoms with Crippen LogP contribution in [0.15, 0.2) is 41.6 Å². The van der Waals surface area contributed by atoms with Gasteiger partial charge in [0.25, 0.3) is 5.91 Å². The van der Waals surface area contributed by atoms with Gasteiger partial charge in [-0.1, -0.05) is 6.92 Å². The van der Waals surface area contributed by atoms with Gasteiger partial charge in [0.2, 0.25) is 0 Å². The third-order valence-electron chi connectivity index (χ3n) is 5.91. The number of aromatic nitrogens is 1. The lowest BCUT2D eigenvalue weighted by Gasteiger charge is -2.27. The van der Waals surface area contributed by atoms with E-state index in [0.717, 1.165) is 23.4 Å². The Morgan fingerprint density at radius 1 is 1.20 bits per heavy atom. The van der Waals surface area contributed by atoms with Gasteiger partial charge in [0.05, 0.1) is 38.3 Å². The number of benzene rings is 1. The summed E-state index contributed by atoms with van der Waals surface area (Å²) in [5, 5.41) is 9.03. The molecule has 0 radical (unpaired) electrons. The number of rotatable bonds is 11. The van der Waals surface area contributed by atoms with E-state index in [2.05, 4.69) is 5.32 Å². The van der Waals surface area contributed by atoms with E-state index >= 15 is 0 Å². The Hall–Kier alpha value is -3.53. The van der Waals surface area contributed by atoms with Gasteiger partial charge in [0, 0.05) is 45.4 Å². The zero-order valence-electron chi connectivity index (χ0n) is 21.1. The van der Waals surface area contributed by atoms with E-state index in [1.165, 1.54) is 9.91 Å². The molecule has 3 rings (SSSR count). The summed E-state index contributed by atoms with van der Waals surface area (Å²) in [6.07, 6.45) is 3.23. The van der Waals surface area contributed by atoms with Gasteiger partial charge < -0.3 is 29.0 Å². The van der Waals surface area contributed by atoms with E-state index in [4.69, 9.17) is 19.3 Å². The maximum absolute atomic E-state index is 13.6. The molecule has 0 bridgehead atoms. The summed E-state index contributed by atoms with van der Waals surface area (Å²) in [6.45, 7) is 2.97. The van der Waals surface area contributed by atoms with Gasteiger partial charge in [0.15, 0.2) is 0 Å². The number of methoxy groups -OCH3 is 3. The number of carbonyl (C=O) groups excluding carboxylic acids is 2. The first-order valence-corrected chi connectivity index (χ1v) is 11.7. The highest BCUT2D eigenvalue weighted by atomic mass is 16.5. The molecule has 0 fully saturated rings. The molecule has 0 saturated carbocycles. The third kappa shape index (κ3) is 6.13. The number of hydrogen-bond acceptors (Lipinski definition) is 6. The lowest BCUT2D eigenvalue weighted by molar-refractivity contribution is -0.133. The second kappa shape index (κ2) is 12.3. The second-order valence-electron chi connectivity index (χ2n) is 8.26. The van der Waals surface area contributed by atoms with E-state index in [9.17, 15) is 9.59 Å². The molecule has 0 unspecified atom stereocenters. The van der Waals surface area contributed by atoms with E-state index in [-0.39, 0.29) is 25.0 Å². The lowest BCUT2D eigenvalue weighted by Crippen LogP contribution is -2.47. The fraction of sp³-hybridized carbons (Fsp3) is 0.480. The number of hydrazone groups is 1. The van der Waals surface area contributed by atoms with Crippen LogP contribution in [0.3, 0.4) is 0 Å². The predicted molar refractivity (Wildman–Crippen MR) is 133 cm³/mol. The topological polar surface area (TPSA) is 97.6 Å². The zero-order chi connectivity index (χ0) is 25.4. The van der Waals surface area contributed by atoms with Crippen LogP contribution in [-0.2, 0) is 16.6 Å². The normalized spacial score (nSPS) is 15.1. The molecule has 1 aliphatic heterocycles. The Labute approximate surface area is 206 Å². The number of hydrogen-bond donors (Lipinski definition) is 1. The van der Waals surface area contributed by atoms with Crippen molar-refractivity contribution < 1.29 is 23.8 Å². The number of nitrogens with zero attached hydrogens (tertiary/aromatic N) is 4. The molecule has 1 aromatic carbocycles. The van der Waals surface area contributed by atoms with Crippen LogP contribution in [0.2, 0.25) is 0 Å². The van der Waals surface area contributed by atoms with Crippen molar-refractivity contribution in [2.75, 3.05) is 47.6 Å². The molecule has 1 aromatic heterocycles. The Morgan fingerprint density at radius 3 is 2.63 bits per heavy atom. The number of aryl methyl sites for hydroxylation is 1. The van der Waals surface area contributed by atoms with E-state index in [1.807, 2.05) is 55.1 Å². The maximum Gasteiger partial charge on any atom is 0.317 e. The average Bonchev–Trinajstić information content (AvgIpc) is 3.50. The Bertz CT molecular complexity index is 1050. The minimum atomic E-state index is -0.416. The third-order valence-corrected chi connectivity index (χ3v) is 5.91.